The van der Waals surface area contributed by atoms with Crippen LogP contribution in [0.2, 0.25) is 0 Å². The van der Waals surface area contributed by atoms with Crippen LogP contribution >= 0.6 is 0 Å². The molecular weight excluding hydrogens is 322 g/mol. The molecule has 0 radical (unpaired) electrons. The Balaban J connectivity index is 1.90. The van der Waals surface area contributed by atoms with E-state index in [0.29, 0.717) is 6.54 Å². The molecule has 148 valence electrons. The van der Waals surface area contributed by atoms with Gasteiger partial charge in [0, 0.05) is 6.54 Å². The van der Waals surface area contributed by atoms with E-state index in [-0.39, 0.29) is 12.3 Å². The summed E-state index contributed by atoms with van der Waals surface area (Å²) < 4.78 is 0. The van der Waals surface area contributed by atoms with Crippen LogP contribution in [0.3, 0.4) is 0 Å². The van der Waals surface area contributed by atoms with Gasteiger partial charge in [-0.2, -0.15) is 0 Å². The summed E-state index contributed by atoms with van der Waals surface area (Å²) >= 11 is 0. The molecule has 0 aromatic heterocycles. The minimum atomic E-state index is -0.510. The second-order valence-corrected chi connectivity index (χ2v) is 7.44. The zero-order chi connectivity index (χ0) is 18.9. The van der Waals surface area contributed by atoms with Gasteiger partial charge in [0.05, 0.1) is 12.5 Å². The Morgan fingerprint density at radius 2 is 1.42 bits per heavy atom. The maximum absolute atomic E-state index is 11.9. The van der Waals surface area contributed by atoms with Crippen molar-refractivity contribution in [3.05, 3.63) is 35.9 Å². The molecule has 3 nitrogen and oxygen atoms in total. The van der Waals surface area contributed by atoms with Crippen LogP contribution in [0.15, 0.2) is 30.3 Å². The van der Waals surface area contributed by atoms with Gasteiger partial charge < -0.3 is 10.4 Å². The highest BCUT2D eigenvalue weighted by Crippen LogP contribution is 2.13. The fourth-order valence-electron chi connectivity index (χ4n) is 3.23. The highest BCUT2D eigenvalue weighted by molar-refractivity contribution is 5.76. The van der Waals surface area contributed by atoms with Crippen molar-refractivity contribution in [2.45, 2.75) is 103 Å². The highest BCUT2D eigenvalue weighted by atomic mass is 16.3. The van der Waals surface area contributed by atoms with E-state index >= 15 is 0 Å². The predicted molar refractivity (Wildman–Crippen MR) is 110 cm³/mol. The van der Waals surface area contributed by atoms with Crippen molar-refractivity contribution in [3.8, 4) is 0 Å². The van der Waals surface area contributed by atoms with Crippen LogP contribution in [-0.2, 0) is 11.3 Å². The molecule has 0 fully saturated rings. The maximum Gasteiger partial charge on any atom is 0.222 e. The van der Waals surface area contributed by atoms with Gasteiger partial charge in [0.1, 0.15) is 0 Å². The number of nitrogens with one attached hydrogen (secondary N) is 1. The number of carbonyl (C=O) groups excluding carboxylic acids is 1. The van der Waals surface area contributed by atoms with Gasteiger partial charge in [-0.25, -0.2) is 0 Å². The molecule has 1 rings (SSSR count). The van der Waals surface area contributed by atoms with E-state index in [1.54, 1.807) is 0 Å². The predicted octanol–water partition coefficient (Wildman–Crippen LogP) is 5.75. The molecule has 1 amide bonds. The van der Waals surface area contributed by atoms with Crippen molar-refractivity contribution < 1.29 is 9.90 Å². The van der Waals surface area contributed by atoms with Gasteiger partial charge in [-0.15, -0.1) is 0 Å². The Morgan fingerprint density at radius 1 is 0.885 bits per heavy atom. The molecule has 0 spiro atoms. The number of carbonyl (C=O) groups is 1. The monoisotopic (exact) mass is 361 g/mol. The zero-order valence-electron chi connectivity index (χ0n) is 16.7. The first-order valence-electron chi connectivity index (χ1n) is 10.7. The van der Waals surface area contributed by atoms with E-state index in [9.17, 15) is 9.90 Å². The molecule has 0 saturated carbocycles. The van der Waals surface area contributed by atoms with E-state index < -0.39 is 6.10 Å². The third kappa shape index (κ3) is 12.9. The molecular formula is C23H39NO2. The van der Waals surface area contributed by atoms with Crippen molar-refractivity contribution in [2.75, 3.05) is 0 Å². The highest BCUT2D eigenvalue weighted by Gasteiger charge is 2.10. The summed E-state index contributed by atoms with van der Waals surface area (Å²) in [6.07, 6.45) is 14.8. The van der Waals surface area contributed by atoms with Crippen LogP contribution in [0.5, 0.6) is 0 Å². The first-order chi connectivity index (χ1) is 12.7. The summed E-state index contributed by atoms with van der Waals surface area (Å²) in [5, 5.41) is 12.9. The summed E-state index contributed by atoms with van der Waals surface area (Å²) in [6.45, 7) is 2.79. The average Bonchev–Trinajstić information content (AvgIpc) is 2.65. The Kier molecular flexibility index (Phi) is 13.8. The second-order valence-electron chi connectivity index (χ2n) is 7.44. The summed E-state index contributed by atoms with van der Waals surface area (Å²) in [4.78, 5) is 11.9. The quantitative estimate of drug-likeness (QED) is 0.368. The number of aliphatic hydroxyl groups excluding tert-OH is 1. The molecule has 26 heavy (non-hydrogen) atoms. The lowest BCUT2D eigenvalue weighted by Gasteiger charge is -2.11. The molecule has 1 aromatic carbocycles. The van der Waals surface area contributed by atoms with Crippen molar-refractivity contribution in [3.63, 3.8) is 0 Å². The second kappa shape index (κ2) is 15.9. The molecule has 1 aromatic rings. The minimum absolute atomic E-state index is 0.0653. The molecule has 0 unspecified atom stereocenters. The van der Waals surface area contributed by atoms with E-state index in [2.05, 4.69) is 12.2 Å². The first kappa shape index (κ1) is 22.7. The Bertz CT molecular complexity index is 447. The summed E-state index contributed by atoms with van der Waals surface area (Å²) in [5.74, 6) is -0.0653. The number of aliphatic hydroxyl groups is 1. The molecule has 0 saturated heterocycles. The summed E-state index contributed by atoms with van der Waals surface area (Å²) in [5.41, 5.74) is 1.08. The number of rotatable bonds is 16. The van der Waals surface area contributed by atoms with Crippen molar-refractivity contribution in [2.24, 2.45) is 0 Å². The summed E-state index contributed by atoms with van der Waals surface area (Å²) in [7, 11) is 0. The van der Waals surface area contributed by atoms with Gasteiger partial charge in [-0.05, 0) is 12.0 Å². The largest absolute Gasteiger partial charge is 0.393 e. The van der Waals surface area contributed by atoms with E-state index in [1.807, 2.05) is 30.3 Å². The van der Waals surface area contributed by atoms with Gasteiger partial charge in [0.15, 0.2) is 0 Å². The number of hydrogen-bond donors (Lipinski definition) is 2. The van der Waals surface area contributed by atoms with Crippen LogP contribution in [0.1, 0.15) is 96.0 Å². The number of benzene rings is 1. The zero-order valence-corrected chi connectivity index (χ0v) is 16.7. The van der Waals surface area contributed by atoms with Crippen molar-refractivity contribution in [1.29, 1.82) is 0 Å². The lowest BCUT2D eigenvalue weighted by molar-refractivity contribution is -0.123. The molecule has 0 bridgehead atoms. The normalized spacial score (nSPS) is 12.1. The fourth-order valence-corrected chi connectivity index (χ4v) is 3.23. The summed E-state index contributed by atoms with van der Waals surface area (Å²) in [6, 6.07) is 9.86. The Morgan fingerprint density at radius 3 is 2.00 bits per heavy atom. The van der Waals surface area contributed by atoms with E-state index in [4.69, 9.17) is 0 Å². The molecule has 2 N–H and O–H groups in total. The molecule has 0 aliphatic heterocycles. The van der Waals surface area contributed by atoms with Crippen LogP contribution in [-0.4, -0.2) is 17.1 Å². The lowest BCUT2D eigenvalue weighted by Crippen LogP contribution is -2.27. The van der Waals surface area contributed by atoms with Crippen LogP contribution in [0, 0.1) is 0 Å². The molecule has 0 aliphatic carbocycles. The first-order valence-corrected chi connectivity index (χ1v) is 10.7. The van der Waals surface area contributed by atoms with Crippen molar-refractivity contribution >= 4 is 5.91 Å². The Labute approximate surface area is 160 Å². The number of hydrogen-bond acceptors (Lipinski definition) is 2. The van der Waals surface area contributed by atoms with Gasteiger partial charge >= 0.3 is 0 Å². The smallest absolute Gasteiger partial charge is 0.222 e. The minimum Gasteiger partial charge on any atom is -0.393 e. The average molecular weight is 362 g/mol. The number of unbranched alkanes of at least 4 members (excludes halogenated alkanes) is 10. The maximum atomic E-state index is 11.9. The van der Waals surface area contributed by atoms with Crippen LogP contribution in [0.4, 0.5) is 0 Å². The van der Waals surface area contributed by atoms with E-state index in [1.165, 1.54) is 64.2 Å². The molecule has 0 heterocycles. The SMILES string of the molecule is CCCCCCCCCCCCC[C@H](O)CC(=O)NCc1ccccc1. The van der Waals surface area contributed by atoms with Gasteiger partial charge in [-0.3, -0.25) is 4.79 Å². The number of amides is 1. The third-order valence-corrected chi connectivity index (χ3v) is 4.89. The van der Waals surface area contributed by atoms with Gasteiger partial charge in [0.25, 0.3) is 0 Å². The van der Waals surface area contributed by atoms with Gasteiger partial charge in [-0.1, -0.05) is 108 Å². The third-order valence-electron chi connectivity index (χ3n) is 4.89. The van der Waals surface area contributed by atoms with Crippen LogP contribution < -0.4 is 5.32 Å². The molecule has 3 heteroatoms. The molecule has 1 atom stereocenters. The standard InChI is InChI=1S/C23H39NO2/c1-2-3-4-5-6-7-8-9-10-11-15-18-22(25)19-23(26)24-20-21-16-13-12-14-17-21/h12-14,16-17,22,25H,2-11,15,18-20H2,1H3,(H,24,26)/t22-/m0/s1. The van der Waals surface area contributed by atoms with Gasteiger partial charge in [0.2, 0.25) is 5.91 Å². The van der Waals surface area contributed by atoms with E-state index in [0.717, 1.165) is 18.4 Å². The lowest BCUT2D eigenvalue weighted by atomic mass is 10.0. The van der Waals surface area contributed by atoms with Crippen molar-refractivity contribution in [1.82, 2.24) is 5.32 Å². The fraction of sp³-hybridized carbons (Fsp3) is 0.696. The van der Waals surface area contributed by atoms with Crippen LogP contribution in [0.25, 0.3) is 0 Å². The topological polar surface area (TPSA) is 49.3 Å². The Hall–Kier alpha value is -1.35. The molecule has 0 aliphatic rings.